The van der Waals surface area contributed by atoms with Crippen LogP contribution < -0.4 is 4.74 Å². The van der Waals surface area contributed by atoms with Crippen LogP contribution in [0.15, 0.2) is 18.2 Å². The average Bonchev–Trinajstić information content (AvgIpc) is 2.31. The molecule has 1 aliphatic rings. The van der Waals surface area contributed by atoms with Crippen molar-refractivity contribution in [2.45, 2.75) is 45.6 Å². The van der Waals surface area contributed by atoms with Crippen molar-refractivity contribution in [2.24, 2.45) is 5.92 Å². The fraction of sp³-hybridized carbons (Fsp3) is 0.533. The first kappa shape index (κ1) is 12.9. The molecule has 1 aliphatic carbocycles. The van der Waals surface area contributed by atoms with E-state index >= 15 is 0 Å². The average molecular weight is 248 g/mol. The molecule has 18 heavy (non-hydrogen) atoms. The third kappa shape index (κ3) is 2.84. The Morgan fingerprint density at radius 1 is 1.39 bits per heavy atom. The van der Waals surface area contributed by atoms with Crippen molar-refractivity contribution in [1.29, 1.82) is 0 Å². The summed E-state index contributed by atoms with van der Waals surface area (Å²) in [5.41, 5.74) is 1.17. The smallest absolute Gasteiger partial charge is 0.339 e. The summed E-state index contributed by atoms with van der Waals surface area (Å²) in [5, 5.41) is 9.19. The number of hydrogen-bond donors (Lipinski definition) is 1. The molecule has 3 heteroatoms. The van der Waals surface area contributed by atoms with Gasteiger partial charge in [0, 0.05) is 0 Å². The van der Waals surface area contributed by atoms with E-state index in [1.54, 1.807) is 12.1 Å². The molecule has 1 N–H and O–H groups in total. The van der Waals surface area contributed by atoms with Gasteiger partial charge < -0.3 is 9.84 Å². The number of aromatic carboxylic acids is 1. The minimum absolute atomic E-state index is 0.160. The zero-order valence-corrected chi connectivity index (χ0v) is 11.0. The maximum atomic E-state index is 11.2. The van der Waals surface area contributed by atoms with Gasteiger partial charge in [-0.05, 0) is 43.7 Å². The Kier molecular flexibility index (Phi) is 3.90. The lowest BCUT2D eigenvalue weighted by Gasteiger charge is -2.28. The minimum Gasteiger partial charge on any atom is -0.489 e. The number of carboxylic acid groups (broad SMARTS) is 1. The van der Waals surface area contributed by atoms with Crippen LogP contribution in [0.25, 0.3) is 0 Å². The standard InChI is InChI=1S/C15H20O3/c1-10-5-3-7-12(9-10)18-14-11(2)6-4-8-13(14)15(16)17/h4,6,8,10,12H,3,5,7,9H2,1-2H3,(H,16,17). The summed E-state index contributed by atoms with van der Waals surface area (Å²) < 4.78 is 5.97. The zero-order valence-electron chi connectivity index (χ0n) is 11.0. The van der Waals surface area contributed by atoms with Gasteiger partial charge in [-0.15, -0.1) is 0 Å². The largest absolute Gasteiger partial charge is 0.489 e. The van der Waals surface area contributed by atoms with Gasteiger partial charge in [0.2, 0.25) is 0 Å². The molecule has 0 aromatic heterocycles. The van der Waals surface area contributed by atoms with Crippen molar-refractivity contribution in [1.82, 2.24) is 0 Å². The Labute approximate surface area is 108 Å². The molecule has 0 saturated heterocycles. The summed E-state index contributed by atoms with van der Waals surface area (Å²) in [4.78, 5) is 11.2. The van der Waals surface area contributed by atoms with Crippen LogP contribution >= 0.6 is 0 Å². The van der Waals surface area contributed by atoms with Crippen LogP contribution in [-0.2, 0) is 0 Å². The van der Waals surface area contributed by atoms with E-state index in [9.17, 15) is 9.90 Å². The third-order valence-electron chi connectivity index (χ3n) is 3.62. The van der Waals surface area contributed by atoms with Crippen molar-refractivity contribution >= 4 is 5.97 Å². The van der Waals surface area contributed by atoms with E-state index in [0.29, 0.717) is 11.7 Å². The lowest BCUT2D eigenvalue weighted by molar-refractivity contribution is 0.0683. The first-order chi connectivity index (χ1) is 8.58. The van der Waals surface area contributed by atoms with Gasteiger partial charge >= 0.3 is 5.97 Å². The fourth-order valence-corrected chi connectivity index (χ4v) is 2.63. The highest BCUT2D eigenvalue weighted by Gasteiger charge is 2.23. The van der Waals surface area contributed by atoms with Gasteiger partial charge in [-0.3, -0.25) is 0 Å². The topological polar surface area (TPSA) is 46.5 Å². The molecule has 0 radical (unpaired) electrons. The van der Waals surface area contributed by atoms with Gasteiger partial charge in [0.25, 0.3) is 0 Å². The Morgan fingerprint density at radius 2 is 2.17 bits per heavy atom. The van der Waals surface area contributed by atoms with E-state index in [2.05, 4.69) is 6.92 Å². The van der Waals surface area contributed by atoms with Crippen LogP contribution in [0.2, 0.25) is 0 Å². The Morgan fingerprint density at radius 3 is 2.83 bits per heavy atom. The molecule has 1 saturated carbocycles. The fourth-order valence-electron chi connectivity index (χ4n) is 2.63. The quantitative estimate of drug-likeness (QED) is 0.888. The molecule has 2 rings (SSSR count). The monoisotopic (exact) mass is 248 g/mol. The molecule has 0 spiro atoms. The molecule has 0 aliphatic heterocycles. The van der Waals surface area contributed by atoms with Crippen molar-refractivity contribution in [3.63, 3.8) is 0 Å². The first-order valence-electron chi connectivity index (χ1n) is 6.57. The summed E-state index contributed by atoms with van der Waals surface area (Å²) >= 11 is 0. The summed E-state index contributed by atoms with van der Waals surface area (Å²) in [5.74, 6) is 0.294. The predicted molar refractivity (Wildman–Crippen MR) is 70.2 cm³/mol. The number of hydrogen-bond acceptors (Lipinski definition) is 2. The van der Waals surface area contributed by atoms with Crippen molar-refractivity contribution < 1.29 is 14.6 Å². The molecule has 0 bridgehead atoms. The normalized spacial score (nSPS) is 23.7. The van der Waals surface area contributed by atoms with Crippen LogP contribution in [-0.4, -0.2) is 17.2 Å². The molecular weight excluding hydrogens is 228 g/mol. The summed E-state index contributed by atoms with van der Waals surface area (Å²) in [6.45, 7) is 4.12. The van der Waals surface area contributed by atoms with Gasteiger partial charge in [0.15, 0.2) is 0 Å². The van der Waals surface area contributed by atoms with Crippen LogP contribution in [0, 0.1) is 12.8 Å². The maximum Gasteiger partial charge on any atom is 0.339 e. The van der Waals surface area contributed by atoms with E-state index in [1.165, 1.54) is 12.8 Å². The van der Waals surface area contributed by atoms with Crippen molar-refractivity contribution in [2.75, 3.05) is 0 Å². The molecule has 1 aromatic carbocycles. The Hall–Kier alpha value is -1.51. The van der Waals surface area contributed by atoms with E-state index in [-0.39, 0.29) is 11.7 Å². The second kappa shape index (κ2) is 5.42. The number of ether oxygens (including phenoxy) is 1. The molecule has 3 nitrogen and oxygen atoms in total. The van der Waals surface area contributed by atoms with Crippen LogP contribution in [0.3, 0.4) is 0 Å². The molecule has 0 heterocycles. The van der Waals surface area contributed by atoms with Gasteiger partial charge in [-0.25, -0.2) is 4.79 Å². The lowest BCUT2D eigenvalue weighted by Crippen LogP contribution is -2.25. The zero-order chi connectivity index (χ0) is 13.1. The summed E-state index contributed by atoms with van der Waals surface area (Å²) in [6.07, 6.45) is 4.62. The van der Waals surface area contributed by atoms with Gasteiger partial charge in [-0.1, -0.05) is 25.5 Å². The number of para-hydroxylation sites is 1. The van der Waals surface area contributed by atoms with Gasteiger partial charge in [0.05, 0.1) is 6.10 Å². The highest BCUT2D eigenvalue weighted by molar-refractivity contribution is 5.91. The van der Waals surface area contributed by atoms with Gasteiger partial charge in [-0.2, -0.15) is 0 Å². The SMILES string of the molecule is Cc1cccc(C(=O)O)c1OC1CCCC(C)C1. The second-order valence-corrected chi connectivity index (χ2v) is 5.27. The second-order valence-electron chi connectivity index (χ2n) is 5.27. The molecule has 2 unspecified atom stereocenters. The number of benzene rings is 1. The highest BCUT2D eigenvalue weighted by atomic mass is 16.5. The Bertz CT molecular complexity index is 439. The van der Waals surface area contributed by atoms with E-state index < -0.39 is 5.97 Å². The van der Waals surface area contributed by atoms with Crippen molar-refractivity contribution in [3.05, 3.63) is 29.3 Å². The molecule has 1 fully saturated rings. The molecule has 0 amide bonds. The van der Waals surface area contributed by atoms with E-state index in [4.69, 9.17) is 4.74 Å². The summed E-state index contributed by atoms with van der Waals surface area (Å²) in [7, 11) is 0. The lowest BCUT2D eigenvalue weighted by atomic mass is 9.88. The first-order valence-corrected chi connectivity index (χ1v) is 6.57. The van der Waals surface area contributed by atoms with Crippen LogP contribution in [0.5, 0.6) is 5.75 Å². The van der Waals surface area contributed by atoms with E-state index in [0.717, 1.165) is 18.4 Å². The highest BCUT2D eigenvalue weighted by Crippen LogP contribution is 2.31. The van der Waals surface area contributed by atoms with E-state index in [1.807, 2.05) is 13.0 Å². The van der Waals surface area contributed by atoms with Crippen molar-refractivity contribution in [3.8, 4) is 5.75 Å². The number of carbonyl (C=O) groups is 1. The predicted octanol–water partition coefficient (Wildman–Crippen LogP) is 3.65. The number of aryl methyl sites for hydroxylation is 1. The number of rotatable bonds is 3. The van der Waals surface area contributed by atoms with Crippen LogP contribution in [0.4, 0.5) is 0 Å². The van der Waals surface area contributed by atoms with Crippen LogP contribution in [0.1, 0.15) is 48.5 Å². The summed E-state index contributed by atoms with van der Waals surface area (Å²) in [6, 6.07) is 5.26. The molecular formula is C15H20O3. The van der Waals surface area contributed by atoms with Gasteiger partial charge in [0.1, 0.15) is 11.3 Å². The molecule has 98 valence electrons. The Balaban J connectivity index is 2.20. The minimum atomic E-state index is -0.919. The molecule has 1 aromatic rings. The third-order valence-corrected chi connectivity index (χ3v) is 3.62. The maximum absolute atomic E-state index is 11.2. The number of carboxylic acids is 1. The molecule has 2 atom stereocenters.